The van der Waals surface area contributed by atoms with E-state index in [1.807, 2.05) is 0 Å². The van der Waals surface area contributed by atoms with Crippen molar-refractivity contribution in [1.29, 1.82) is 0 Å². The minimum absolute atomic E-state index is 0.201. The normalized spacial score (nSPS) is 11.2. The summed E-state index contributed by atoms with van der Waals surface area (Å²) in [5, 5.41) is 7.22. The number of nitrogens with one attached hydrogen (secondary N) is 1. The highest BCUT2D eigenvalue weighted by Gasteiger charge is 2.22. The van der Waals surface area contributed by atoms with Gasteiger partial charge in [-0.05, 0) is 6.07 Å². The second kappa shape index (κ2) is 7.29. The molecule has 7 nitrogen and oxygen atoms in total. The van der Waals surface area contributed by atoms with E-state index in [0.717, 1.165) is 0 Å². The summed E-state index contributed by atoms with van der Waals surface area (Å²) in [6.07, 6.45) is 0. The molecule has 0 radical (unpaired) electrons. The number of methoxy groups -OCH3 is 1. The van der Waals surface area contributed by atoms with Gasteiger partial charge in [0.1, 0.15) is 10.7 Å². The minimum atomic E-state index is -4.40. The number of nitrogens with two attached hydrogens (primary N) is 1. The van der Waals surface area contributed by atoms with E-state index in [1.165, 1.54) is 7.11 Å². The average molecular weight is 324 g/mol. The van der Waals surface area contributed by atoms with Crippen molar-refractivity contribution >= 4 is 15.9 Å². The Morgan fingerprint density at radius 2 is 2.05 bits per heavy atom. The van der Waals surface area contributed by atoms with Crippen LogP contribution in [0.25, 0.3) is 0 Å². The number of sulfonamides is 1. The lowest BCUT2D eigenvalue weighted by molar-refractivity contribution is -0.123. The molecule has 0 spiro atoms. The molecule has 0 heterocycles. The lowest BCUT2D eigenvalue weighted by Gasteiger charge is -2.11. The fourth-order valence-corrected chi connectivity index (χ4v) is 2.06. The molecule has 0 aliphatic carbocycles. The van der Waals surface area contributed by atoms with Crippen LogP contribution in [0.3, 0.4) is 0 Å². The highest BCUT2D eigenvalue weighted by molar-refractivity contribution is 7.89. The zero-order valence-electron chi connectivity index (χ0n) is 11.1. The lowest BCUT2D eigenvalue weighted by Crippen LogP contribution is -2.32. The maximum Gasteiger partial charge on any atom is 0.258 e. The molecule has 1 aromatic rings. The highest BCUT2D eigenvalue weighted by Crippen LogP contribution is 2.27. The van der Waals surface area contributed by atoms with Gasteiger partial charge in [0.05, 0.1) is 6.61 Å². The summed E-state index contributed by atoms with van der Waals surface area (Å²) in [7, 11) is -2.96. The van der Waals surface area contributed by atoms with Crippen LogP contribution >= 0.6 is 0 Å². The molecular weight excluding hydrogens is 310 g/mol. The van der Waals surface area contributed by atoms with E-state index in [4.69, 9.17) is 14.6 Å². The Balaban J connectivity index is 2.86. The van der Waals surface area contributed by atoms with Gasteiger partial charge in [-0.25, -0.2) is 22.3 Å². The van der Waals surface area contributed by atoms with Crippen molar-refractivity contribution < 1.29 is 31.5 Å². The molecule has 21 heavy (non-hydrogen) atoms. The zero-order valence-corrected chi connectivity index (χ0v) is 11.9. The Morgan fingerprint density at radius 3 is 2.62 bits per heavy atom. The van der Waals surface area contributed by atoms with Crippen LogP contribution in [0.1, 0.15) is 0 Å². The highest BCUT2D eigenvalue weighted by atomic mass is 32.2. The van der Waals surface area contributed by atoms with Gasteiger partial charge < -0.3 is 14.8 Å². The number of ether oxygens (including phenoxy) is 2. The molecule has 1 aromatic carbocycles. The van der Waals surface area contributed by atoms with E-state index >= 15 is 0 Å². The third-order valence-electron chi connectivity index (χ3n) is 2.26. The Morgan fingerprint density at radius 1 is 1.38 bits per heavy atom. The molecule has 1 rings (SSSR count). The molecule has 0 aliphatic rings. The van der Waals surface area contributed by atoms with Crippen molar-refractivity contribution in [2.75, 3.05) is 26.9 Å². The number of hydrogen-bond acceptors (Lipinski definition) is 5. The van der Waals surface area contributed by atoms with Crippen LogP contribution in [-0.4, -0.2) is 41.2 Å². The van der Waals surface area contributed by atoms with E-state index in [2.05, 4.69) is 5.32 Å². The summed E-state index contributed by atoms with van der Waals surface area (Å²) in [6.45, 7) is -0.194. The molecule has 0 aliphatic heterocycles. The third kappa shape index (κ3) is 5.25. The molecule has 0 saturated heterocycles. The fraction of sp³-hybridized carbons (Fsp3) is 0.364. The summed E-state index contributed by atoms with van der Waals surface area (Å²) in [4.78, 5) is 10.5. The molecular formula is C11H14F2N2O5S. The molecule has 0 atom stereocenters. The smallest absolute Gasteiger partial charge is 0.258 e. The van der Waals surface area contributed by atoms with E-state index in [0.29, 0.717) is 12.1 Å². The first-order valence-corrected chi connectivity index (χ1v) is 7.20. The van der Waals surface area contributed by atoms with Crippen LogP contribution in [0.5, 0.6) is 5.75 Å². The van der Waals surface area contributed by atoms with Crippen LogP contribution in [0, 0.1) is 11.6 Å². The van der Waals surface area contributed by atoms with Gasteiger partial charge in [-0.1, -0.05) is 0 Å². The minimum Gasteiger partial charge on any atom is -0.479 e. The predicted octanol–water partition coefficient (Wildman–Crippen LogP) is -0.246. The molecule has 0 bridgehead atoms. The Kier molecular flexibility index (Phi) is 6.00. The summed E-state index contributed by atoms with van der Waals surface area (Å²) in [6, 6.07) is 0.934. The van der Waals surface area contributed by atoms with Crippen LogP contribution in [-0.2, 0) is 19.6 Å². The molecule has 0 unspecified atom stereocenters. The van der Waals surface area contributed by atoms with Crippen LogP contribution in [0.2, 0.25) is 0 Å². The van der Waals surface area contributed by atoms with Gasteiger partial charge in [0.25, 0.3) is 5.91 Å². The molecule has 10 heteroatoms. The largest absolute Gasteiger partial charge is 0.479 e. The van der Waals surface area contributed by atoms with Crippen molar-refractivity contribution in [1.82, 2.24) is 5.32 Å². The van der Waals surface area contributed by atoms with Gasteiger partial charge >= 0.3 is 0 Å². The maximum absolute atomic E-state index is 13.6. The zero-order chi connectivity index (χ0) is 16.0. The van der Waals surface area contributed by atoms with E-state index in [-0.39, 0.29) is 13.2 Å². The molecule has 0 aromatic heterocycles. The van der Waals surface area contributed by atoms with Crippen molar-refractivity contribution in [3.05, 3.63) is 23.8 Å². The van der Waals surface area contributed by atoms with Crippen molar-refractivity contribution in [2.45, 2.75) is 4.90 Å². The standard InChI is InChI=1S/C11H14F2N2O5S/c1-19-3-2-15-10(16)6-20-11-8(13)4-7(12)5-9(11)21(14,17)18/h4-5H,2-3,6H2,1H3,(H,15,16)(H2,14,17,18). The Hall–Kier alpha value is -1.78. The topological polar surface area (TPSA) is 108 Å². The molecule has 3 N–H and O–H groups in total. The van der Waals surface area contributed by atoms with Gasteiger partial charge in [0, 0.05) is 19.7 Å². The first kappa shape index (κ1) is 17.3. The van der Waals surface area contributed by atoms with Crippen molar-refractivity contribution in [3.8, 4) is 5.75 Å². The van der Waals surface area contributed by atoms with E-state index in [9.17, 15) is 22.0 Å². The summed E-state index contributed by atoms with van der Waals surface area (Å²) < 4.78 is 58.6. The number of halogens is 2. The average Bonchev–Trinajstić information content (AvgIpc) is 2.36. The van der Waals surface area contributed by atoms with Gasteiger partial charge in [0.2, 0.25) is 10.0 Å². The lowest BCUT2D eigenvalue weighted by atomic mass is 10.3. The summed E-state index contributed by atoms with van der Waals surface area (Å²) >= 11 is 0. The van der Waals surface area contributed by atoms with Gasteiger partial charge in [-0.3, -0.25) is 4.79 Å². The molecule has 1 amide bonds. The number of carbonyl (C=O) groups is 1. The van der Waals surface area contributed by atoms with Crippen LogP contribution in [0.4, 0.5) is 8.78 Å². The van der Waals surface area contributed by atoms with Crippen LogP contribution in [0.15, 0.2) is 17.0 Å². The summed E-state index contributed by atoms with van der Waals surface area (Å²) in [5.41, 5.74) is 0. The Bertz CT molecular complexity index is 621. The first-order valence-electron chi connectivity index (χ1n) is 5.66. The summed E-state index contributed by atoms with van der Waals surface area (Å²) in [5.74, 6) is -3.84. The van der Waals surface area contributed by atoms with Gasteiger partial charge in [0.15, 0.2) is 18.2 Å². The quantitative estimate of drug-likeness (QED) is 0.673. The molecule has 0 saturated carbocycles. The second-order valence-corrected chi connectivity index (χ2v) is 5.42. The monoisotopic (exact) mass is 324 g/mol. The number of primary sulfonamides is 1. The number of amides is 1. The third-order valence-corrected chi connectivity index (χ3v) is 3.17. The number of benzene rings is 1. The van der Waals surface area contributed by atoms with E-state index in [1.54, 1.807) is 0 Å². The molecule has 118 valence electrons. The van der Waals surface area contributed by atoms with Gasteiger partial charge in [-0.2, -0.15) is 0 Å². The number of carbonyl (C=O) groups excluding carboxylic acids is 1. The van der Waals surface area contributed by atoms with Crippen molar-refractivity contribution in [2.24, 2.45) is 5.14 Å². The maximum atomic E-state index is 13.6. The number of rotatable bonds is 7. The van der Waals surface area contributed by atoms with Crippen LogP contribution < -0.4 is 15.2 Å². The predicted molar refractivity (Wildman–Crippen MR) is 68.1 cm³/mol. The number of hydrogen-bond donors (Lipinski definition) is 2. The molecule has 0 fully saturated rings. The van der Waals surface area contributed by atoms with E-state index < -0.39 is 44.8 Å². The Labute approximate surface area is 120 Å². The first-order chi connectivity index (χ1) is 9.75. The van der Waals surface area contributed by atoms with Gasteiger partial charge in [-0.15, -0.1) is 0 Å². The SMILES string of the molecule is COCCNC(=O)COc1c(F)cc(F)cc1S(N)(=O)=O. The van der Waals surface area contributed by atoms with Crippen molar-refractivity contribution in [3.63, 3.8) is 0 Å². The fourth-order valence-electron chi connectivity index (χ4n) is 1.37. The second-order valence-electron chi connectivity index (χ2n) is 3.89.